The zero-order valence-electron chi connectivity index (χ0n) is 12.3. The lowest BCUT2D eigenvalue weighted by Gasteiger charge is -1.97. The van der Waals surface area contributed by atoms with E-state index in [9.17, 15) is 0 Å². The minimum Gasteiger partial charge on any atom is -0.144 e. The summed E-state index contributed by atoms with van der Waals surface area (Å²) in [6.45, 7) is 2.27. The van der Waals surface area contributed by atoms with E-state index in [-0.39, 0.29) is 0 Å². The first kappa shape index (κ1) is 15.0. The molecule has 0 saturated carbocycles. The normalized spacial score (nSPS) is 11.1. The molecule has 0 nitrogen and oxygen atoms in total. The summed E-state index contributed by atoms with van der Waals surface area (Å²) < 4.78 is 0. The first-order chi connectivity index (χ1) is 10.4. The van der Waals surface area contributed by atoms with E-state index in [4.69, 9.17) is 0 Å². The minimum absolute atomic E-state index is 1.23. The van der Waals surface area contributed by atoms with E-state index < -0.39 is 0 Å². The third kappa shape index (κ3) is 3.65. The highest BCUT2D eigenvalue weighted by molar-refractivity contribution is 7.22. The van der Waals surface area contributed by atoms with E-state index in [1.54, 1.807) is 0 Å². The minimum atomic E-state index is 1.23. The average molecular weight is 333 g/mol. The average Bonchev–Trinajstić information content (AvgIpc) is 3.23. The van der Waals surface area contributed by atoms with Crippen LogP contribution in [0.5, 0.6) is 0 Å². The van der Waals surface area contributed by atoms with E-state index in [1.165, 1.54) is 57.2 Å². The van der Waals surface area contributed by atoms with E-state index in [2.05, 4.69) is 48.0 Å². The van der Waals surface area contributed by atoms with Crippen LogP contribution in [0.1, 0.15) is 37.5 Å². The van der Waals surface area contributed by atoms with E-state index in [0.717, 1.165) is 0 Å². The molecule has 3 aromatic rings. The maximum atomic E-state index is 2.43. The van der Waals surface area contributed by atoms with Gasteiger partial charge in [-0.1, -0.05) is 38.3 Å². The van der Waals surface area contributed by atoms with Gasteiger partial charge in [0.15, 0.2) is 0 Å². The summed E-state index contributed by atoms with van der Waals surface area (Å²) in [7, 11) is 0. The molecule has 0 bridgehead atoms. The van der Waals surface area contributed by atoms with Gasteiger partial charge in [0.05, 0.1) is 4.88 Å². The van der Waals surface area contributed by atoms with Crippen LogP contribution >= 0.6 is 34.0 Å². The molecule has 0 fully saturated rings. The largest absolute Gasteiger partial charge is 0.144 e. The van der Waals surface area contributed by atoms with Crippen molar-refractivity contribution in [3.05, 3.63) is 46.0 Å². The fourth-order valence-corrected chi connectivity index (χ4v) is 5.39. The van der Waals surface area contributed by atoms with Crippen molar-refractivity contribution in [2.24, 2.45) is 0 Å². The van der Waals surface area contributed by atoms with E-state index in [0.29, 0.717) is 0 Å². The molecule has 3 heterocycles. The number of unbranched alkanes of at least 4 members (excludes halogenated alkanes) is 3. The summed E-state index contributed by atoms with van der Waals surface area (Å²) in [6, 6.07) is 11.2. The Balaban J connectivity index is 1.85. The number of aryl methyl sites for hydroxylation is 1. The summed E-state index contributed by atoms with van der Waals surface area (Å²) in [5, 5.41) is 4.35. The van der Waals surface area contributed by atoms with Crippen LogP contribution in [-0.2, 0) is 6.42 Å². The Labute approximate surface area is 139 Å². The van der Waals surface area contributed by atoms with E-state index in [1.807, 2.05) is 34.0 Å². The molecule has 3 heteroatoms. The van der Waals surface area contributed by atoms with Gasteiger partial charge in [0, 0.05) is 20.2 Å². The maximum absolute atomic E-state index is 2.43. The number of thiophene rings is 3. The lowest BCUT2D eigenvalue weighted by atomic mass is 10.1. The van der Waals surface area contributed by atoms with Gasteiger partial charge in [-0.25, -0.2) is 0 Å². The molecule has 0 spiro atoms. The molecule has 0 amide bonds. The Bertz CT molecular complexity index is 593. The molecule has 0 aliphatic rings. The molecular formula is C18H20S3. The molecule has 0 unspecified atom stereocenters. The second-order valence-corrected chi connectivity index (χ2v) is 8.25. The third-order valence-electron chi connectivity index (χ3n) is 3.59. The maximum Gasteiger partial charge on any atom is 0.0532 e. The summed E-state index contributed by atoms with van der Waals surface area (Å²) in [5.41, 5.74) is 1.43. The van der Waals surface area contributed by atoms with Crippen molar-refractivity contribution in [2.75, 3.05) is 0 Å². The highest BCUT2D eigenvalue weighted by Crippen LogP contribution is 2.43. The van der Waals surface area contributed by atoms with Crippen LogP contribution in [-0.4, -0.2) is 0 Å². The topological polar surface area (TPSA) is 0 Å². The summed E-state index contributed by atoms with van der Waals surface area (Å²) in [6.07, 6.45) is 6.58. The molecule has 0 atom stereocenters. The predicted octanol–water partition coefficient (Wildman–Crippen LogP) is 7.33. The van der Waals surface area contributed by atoms with Crippen LogP contribution in [0.25, 0.3) is 20.2 Å². The number of hydrogen-bond donors (Lipinski definition) is 0. The zero-order chi connectivity index (χ0) is 14.5. The Hall–Kier alpha value is -0.900. The van der Waals surface area contributed by atoms with Crippen molar-refractivity contribution in [3.63, 3.8) is 0 Å². The molecule has 0 radical (unpaired) electrons. The van der Waals surface area contributed by atoms with Crippen LogP contribution in [0, 0.1) is 0 Å². The second kappa shape index (κ2) is 7.39. The highest BCUT2D eigenvalue weighted by atomic mass is 32.1. The van der Waals surface area contributed by atoms with Crippen molar-refractivity contribution < 1.29 is 0 Å². The second-order valence-electron chi connectivity index (χ2n) is 5.22. The molecular weight excluding hydrogens is 312 g/mol. The van der Waals surface area contributed by atoms with Gasteiger partial charge in [0.25, 0.3) is 0 Å². The quantitative estimate of drug-likeness (QED) is 0.397. The summed E-state index contributed by atoms with van der Waals surface area (Å²) in [4.78, 5) is 5.80. The molecule has 0 aliphatic heterocycles. The van der Waals surface area contributed by atoms with Gasteiger partial charge in [0.1, 0.15) is 0 Å². The summed E-state index contributed by atoms with van der Waals surface area (Å²) in [5.74, 6) is 0. The van der Waals surface area contributed by atoms with Crippen molar-refractivity contribution in [1.82, 2.24) is 0 Å². The lowest BCUT2D eigenvalue weighted by Crippen LogP contribution is -1.80. The van der Waals surface area contributed by atoms with Crippen LogP contribution in [0.3, 0.4) is 0 Å². The molecule has 3 rings (SSSR count). The van der Waals surface area contributed by atoms with Crippen molar-refractivity contribution >= 4 is 34.0 Å². The smallest absolute Gasteiger partial charge is 0.0532 e. The van der Waals surface area contributed by atoms with Crippen molar-refractivity contribution in [3.8, 4) is 20.2 Å². The van der Waals surface area contributed by atoms with Crippen LogP contribution in [0.4, 0.5) is 0 Å². The first-order valence-corrected chi connectivity index (χ1v) is 10.2. The van der Waals surface area contributed by atoms with Gasteiger partial charge in [0.2, 0.25) is 0 Å². The van der Waals surface area contributed by atoms with Gasteiger partial charge in [-0.05, 0) is 41.8 Å². The molecule has 0 aliphatic carbocycles. The molecule has 110 valence electrons. The van der Waals surface area contributed by atoms with E-state index >= 15 is 0 Å². The standard InChI is InChI=1S/C18H20S3/c1-2-3-4-5-8-14-13-15(16-9-6-11-19-16)18(21-14)17-10-7-12-20-17/h6-7,9-13H,2-5,8H2,1H3. The Morgan fingerprint density at radius 3 is 2.33 bits per heavy atom. The fourth-order valence-electron chi connectivity index (χ4n) is 2.50. The van der Waals surface area contributed by atoms with Gasteiger partial charge in [-0.15, -0.1) is 34.0 Å². The SMILES string of the molecule is CCCCCCc1cc(-c2cccs2)c(-c2cccs2)s1. The molecule has 0 aromatic carbocycles. The first-order valence-electron chi connectivity index (χ1n) is 7.59. The fraction of sp³-hybridized carbons (Fsp3) is 0.333. The molecule has 0 N–H and O–H groups in total. The van der Waals surface area contributed by atoms with Crippen LogP contribution < -0.4 is 0 Å². The lowest BCUT2D eigenvalue weighted by molar-refractivity contribution is 0.670. The summed E-state index contributed by atoms with van der Waals surface area (Å²) >= 11 is 5.68. The molecule has 21 heavy (non-hydrogen) atoms. The Kier molecular flexibility index (Phi) is 5.28. The third-order valence-corrected chi connectivity index (χ3v) is 6.74. The molecule has 3 aromatic heterocycles. The Morgan fingerprint density at radius 1 is 0.905 bits per heavy atom. The predicted molar refractivity (Wildman–Crippen MR) is 98.8 cm³/mol. The highest BCUT2D eigenvalue weighted by Gasteiger charge is 2.14. The van der Waals surface area contributed by atoms with Crippen LogP contribution in [0.2, 0.25) is 0 Å². The van der Waals surface area contributed by atoms with Gasteiger partial charge in [-0.2, -0.15) is 0 Å². The molecule has 0 saturated heterocycles. The number of rotatable bonds is 7. The van der Waals surface area contributed by atoms with Crippen molar-refractivity contribution in [1.29, 1.82) is 0 Å². The van der Waals surface area contributed by atoms with Crippen LogP contribution in [0.15, 0.2) is 41.1 Å². The van der Waals surface area contributed by atoms with Gasteiger partial charge in [-0.3, -0.25) is 0 Å². The number of hydrogen-bond acceptors (Lipinski definition) is 3. The van der Waals surface area contributed by atoms with Crippen molar-refractivity contribution in [2.45, 2.75) is 39.0 Å². The monoisotopic (exact) mass is 332 g/mol. The Morgan fingerprint density at radius 2 is 1.67 bits per heavy atom. The zero-order valence-corrected chi connectivity index (χ0v) is 14.8. The van der Waals surface area contributed by atoms with Gasteiger partial charge >= 0.3 is 0 Å². The van der Waals surface area contributed by atoms with Gasteiger partial charge < -0.3 is 0 Å².